The molecular weight excluding hydrogens is 255 g/mol. The maximum absolute atomic E-state index is 13.8. The number of rotatable bonds is 4. The van der Waals surface area contributed by atoms with Crippen LogP contribution in [-0.2, 0) is 0 Å². The van der Waals surface area contributed by atoms with Crippen LogP contribution >= 0.6 is 0 Å². The highest BCUT2D eigenvalue weighted by Crippen LogP contribution is 2.23. The van der Waals surface area contributed by atoms with Gasteiger partial charge in [-0.1, -0.05) is 6.07 Å². The predicted molar refractivity (Wildman–Crippen MR) is 79.3 cm³/mol. The number of phenolic OH excluding ortho intramolecular Hbond substituents is 1. The van der Waals surface area contributed by atoms with Crippen LogP contribution in [0.15, 0.2) is 18.2 Å². The molecule has 1 aromatic rings. The van der Waals surface area contributed by atoms with E-state index in [1.54, 1.807) is 6.07 Å². The van der Waals surface area contributed by atoms with E-state index in [0.717, 1.165) is 25.9 Å². The van der Waals surface area contributed by atoms with E-state index in [4.69, 9.17) is 0 Å². The van der Waals surface area contributed by atoms with Crippen LogP contribution in [0.1, 0.15) is 45.2 Å². The first-order valence-corrected chi connectivity index (χ1v) is 7.46. The summed E-state index contributed by atoms with van der Waals surface area (Å²) in [6.45, 7) is 8.62. The van der Waals surface area contributed by atoms with Crippen molar-refractivity contribution in [2.24, 2.45) is 0 Å². The van der Waals surface area contributed by atoms with E-state index < -0.39 is 0 Å². The van der Waals surface area contributed by atoms with Gasteiger partial charge >= 0.3 is 0 Å². The van der Waals surface area contributed by atoms with Crippen molar-refractivity contribution in [1.82, 2.24) is 10.2 Å². The van der Waals surface area contributed by atoms with Gasteiger partial charge in [-0.15, -0.1) is 0 Å². The molecule has 1 heterocycles. The largest absolute Gasteiger partial charge is 0.508 e. The lowest BCUT2D eigenvalue weighted by molar-refractivity contribution is 0.157. The topological polar surface area (TPSA) is 35.5 Å². The lowest BCUT2D eigenvalue weighted by Crippen LogP contribution is -2.45. The fourth-order valence-corrected chi connectivity index (χ4v) is 2.89. The molecule has 0 aromatic heterocycles. The Balaban J connectivity index is 1.90. The zero-order valence-electron chi connectivity index (χ0n) is 12.6. The Morgan fingerprint density at radius 3 is 2.45 bits per heavy atom. The molecule has 1 saturated heterocycles. The molecule has 0 spiro atoms. The fourth-order valence-electron chi connectivity index (χ4n) is 2.89. The normalized spacial score (nSPS) is 19.4. The van der Waals surface area contributed by atoms with E-state index in [-0.39, 0.29) is 17.6 Å². The molecule has 0 aliphatic carbocycles. The van der Waals surface area contributed by atoms with E-state index in [2.05, 4.69) is 24.1 Å². The Bertz CT molecular complexity index is 442. The van der Waals surface area contributed by atoms with E-state index in [1.807, 2.05) is 6.92 Å². The molecule has 112 valence electrons. The molecular formula is C16H25FN2O. The van der Waals surface area contributed by atoms with Crippen LogP contribution < -0.4 is 5.32 Å². The molecule has 0 saturated carbocycles. The molecule has 4 heteroatoms. The summed E-state index contributed by atoms with van der Waals surface area (Å²) >= 11 is 0. The van der Waals surface area contributed by atoms with Crippen LogP contribution in [0.25, 0.3) is 0 Å². The number of piperidine rings is 1. The molecule has 20 heavy (non-hydrogen) atoms. The summed E-state index contributed by atoms with van der Waals surface area (Å²) in [7, 11) is 0. The molecule has 1 unspecified atom stereocenters. The zero-order chi connectivity index (χ0) is 14.7. The maximum atomic E-state index is 13.8. The number of hydrogen-bond acceptors (Lipinski definition) is 3. The van der Waals surface area contributed by atoms with Gasteiger partial charge in [0.1, 0.15) is 11.6 Å². The van der Waals surface area contributed by atoms with Crippen LogP contribution in [0.5, 0.6) is 5.75 Å². The first-order valence-electron chi connectivity index (χ1n) is 7.46. The van der Waals surface area contributed by atoms with Gasteiger partial charge in [-0.25, -0.2) is 4.39 Å². The van der Waals surface area contributed by atoms with Crippen molar-refractivity contribution in [2.45, 2.75) is 51.7 Å². The number of hydrogen-bond donors (Lipinski definition) is 2. The first kappa shape index (κ1) is 15.3. The van der Waals surface area contributed by atoms with Gasteiger partial charge in [0.2, 0.25) is 0 Å². The Morgan fingerprint density at radius 1 is 1.25 bits per heavy atom. The average Bonchev–Trinajstić information content (AvgIpc) is 2.39. The Morgan fingerprint density at radius 2 is 1.90 bits per heavy atom. The van der Waals surface area contributed by atoms with Crippen LogP contribution in [0.2, 0.25) is 0 Å². The summed E-state index contributed by atoms with van der Waals surface area (Å²) in [5, 5.41) is 12.8. The van der Waals surface area contributed by atoms with Crippen molar-refractivity contribution in [3.63, 3.8) is 0 Å². The van der Waals surface area contributed by atoms with Gasteiger partial charge in [0, 0.05) is 29.8 Å². The molecule has 2 N–H and O–H groups in total. The molecule has 1 fully saturated rings. The van der Waals surface area contributed by atoms with Crippen LogP contribution in [0, 0.1) is 5.82 Å². The minimum absolute atomic E-state index is 0.0244. The molecule has 1 aliphatic heterocycles. The van der Waals surface area contributed by atoms with Gasteiger partial charge in [0.25, 0.3) is 0 Å². The van der Waals surface area contributed by atoms with Gasteiger partial charge in [-0.3, -0.25) is 0 Å². The van der Waals surface area contributed by atoms with E-state index in [0.29, 0.717) is 17.6 Å². The monoisotopic (exact) mass is 280 g/mol. The number of aromatic hydroxyl groups is 1. The maximum Gasteiger partial charge on any atom is 0.131 e. The van der Waals surface area contributed by atoms with Gasteiger partial charge in [0.15, 0.2) is 0 Å². The number of likely N-dealkylation sites (tertiary alicyclic amines) is 1. The smallest absolute Gasteiger partial charge is 0.131 e. The molecule has 0 bridgehead atoms. The second-order valence-electron chi connectivity index (χ2n) is 6.00. The highest BCUT2D eigenvalue weighted by molar-refractivity contribution is 5.29. The number of benzene rings is 1. The highest BCUT2D eigenvalue weighted by Gasteiger charge is 2.22. The third-order valence-corrected chi connectivity index (χ3v) is 4.20. The SMILES string of the molecule is CC(NC1CCN(C(C)C)CC1)c1ccc(O)cc1F. The second kappa shape index (κ2) is 6.55. The number of halogens is 1. The minimum Gasteiger partial charge on any atom is -0.508 e. The van der Waals surface area contributed by atoms with Gasteiger partial charge in [-0.2, -0.15) is 0 Å². The summed E-state index contributed by atoms with van der Waals surface area (Å²) in [6.07, 6.45) is 2.20. The Hall–Kier alpha value is -1.13. The quantitative estimate of drug-likeness (QED) is 0.890. The Labute approximate surface area is 120 Å². The van der Waals surface area contributed by atoms with E-state index >= 15 is 0 Å². The van der Waals surface area contributed by atoms with E-state index in [9.17, 15) is 9.50 Å². The zero-order valence-corrected chi connectivity index (χ0v) is 12.6. The summed E-state index contributed by atoms with van der Waals surface area (Å²) < 4.78 is 13.8. The lowest BCUT2D eigenvalue weighted by atomic mass is 10.0. The molecule has 0 radical (unpaired) electrons. The molecule has 2 rings (SSSR count). The predicted octanol–water partition coefficient (Wildman–Crippen LogP) is 3.05. The third kappa shape index (κ3) is 3.70. The summed E-state index contributed by atoms with van der Waals surface area (Å²) in [5.74, 6) is -0.367. The molecule has 3 nitrogen and oxygen atoms in total. The third-order valence-electron chi connectivity index (χ3n) is 4.20. The standard InChI is InChI=1S/C16H25FN2O/c1-11(2)19-8-6-13(7-9-19)18-12(3)15-5-4-14(20)10-16(15)17/h4-5,10-13,18,20H,6-9H2,1-3H3. The molecule has 0 amide bonds. The fraction of sp³-hybridized carbons (Fsp3) is 0.625. The lowest BCUT2D eigenvalue weighted by Gasteiger charge is -2.36. The minimum atomic E-state index is -0.343. The van der Waals surface area contributed by atoms with Crippen LogP contribution in [0.3, 0.4) is 0 Å². The van der Waals surface area contributed by atoms with Crippen molar-refractivity contribution < 1.29 is 9.50 Å². The van der Waals surface area contributed by atoms with Crippen molar-refractivity contribution >= 4 is 0 Å². The molecule has 1 atom stereocenters. The molecule has 1 aliphatic rings. The van der Waals surface area contributed by atoms with Crippen LogP contribution in [0.4, 0.5) is 4.39 Å². The van der Waals surface area contributed by atoms with Gasteiger partial charge < -0.3 is 15.3 Å². The van der Waals surface area contributed by atoms with E-state index in [1.165, 1.54) is 12.1 Å². The van der Waals surface area contributed by atoms with Crippen molar-refractivity contribution in [1.29, 1.82) is 0 Å². The Kier molecular flexibility index (Phi) is 5.00. The number of phenols is 1. The summed E-state index contributed by atoms with van der Waals surface area (Å²) in [6, 6.07) is 5.38. The first-order chi connectivity index (χ1) is 9.47. The van der Waals surface area contributed by atoms with Gasteiger partial charge in [-0.05, 0) is 52.8 Å². The molecule has 1 aromatic carbocycles. The van der Waals surface area contributed by atoms with Crippen molar-refractivity contribution in [3.8, 4) is 5.75 Å². The number of nitrogens with zero attached hydrogens (tertiary/aromatic N) is 1. The summed E-state index contributed by atoms with van der Waals surface area (Å²) in [4.78, 5) is 2.48. The van der Waals surface area contributed by atoms with Crippen molar-refractivity contribution in [3.05, 3.63) is 29.6 Å². The second-order valence-corrected chi connectivity index (χ2v) is 6.00. The van der Waals surface area contributed by atoms with Gasteiger partial charge in [0.05, 0.1) is 0 Å². The summed E-state index contributed by atoms with van der Waals surface area (Å²) in [5.41, 5.74) is 0.620. The van der Waals surface area contributed by atoms with Crippen LogP contribution in [-0.4, -0.2) is 35.2 Å². The highest BCUT2D eigenvalue weighted by atomic mass is 19.1. The van der Waals surface area contributed by atoms with Crippen molar-refractivity contribution in [2.75, 3.05) is 13.1 Å². The number of nitrogens with one attached hydrogen (secondary N) is 1. The average molecular weight is 280 g/mol.